The van der Waals surface area contributed by atoms with Crippen molar-refractivity contribution in [3.05, 3.63) is 69.9 Å². The topological polar surface area (TPSA) is 87.5 Å². The highest BCUT2D eigenvalue weighted by Crippen LogP contribution is 2.13. The fraction of sp³-hybridized carbons (Fsp3) is 0.0714. The van der Waals surface area contributed by atoms with E-state index in [-0.39, 0.29) is 11.3 Å². The molecule has 2 N–H and O–H groups in total. The number of nitrogens with zero attached hydrogens (tertiary/aromatic N) is 2. The first-order chi connectivity index (χ1) is 9.65. The molecule has 0 aliphatic heterocycles. The number of nitrogens with one attached hydrogen (secondary N) is 1. The number of carbonyl (C=O) groups is 1. The summed E-state index contributed by atoms with van der Waals surface area (Å²) in [6, 6.07) is 10.2. The summed E-state index contributed by atoms with van der Waals surface area (Å²) in [5.41, 5.74) is 2.17. The van der Waals surface area contributed by atoms with Crippen molar-refractivity contribution >= 4 is 11.5 Å². The molecule has 2 aromatic heterocycles. The Hall–Kier alpha value is -2.89. The van der Waals surface area contributed by atoms with E-state index in [9.17, 15) is 9.59 Å². The lowest BCUT2D eigenvalue weighted by molar-refractivity contribution is 0.0697. The van der Waals surface area contributed by atoms with Crippen LogP contribution in [0.2, 0.25) is 0 Å². The second-order valence-corrected chi connectivity index (χ2v) is 4.42. The molecule has 0 bridgehead atoms. The van der Waals surface area contributed by atoms with E-state index in [1.54, 1.807) is 36.5 Å². The van der Waals surface area contributed by atoms with Gasteiger partial charge in [-0.15, -0.1) is 0 Å². The molecular formula is C14H11N3O3. The second kappa shape index (κ2) is 4.65. The molecule has 3 rings (SSSR count). The van der Waals surface area contributed by atoms with Crippen LogP contribution in [0.1, 0.15) is 21.6 Å². The lowest BCUT2D eigenvalue weighted by atomic mass is 10.1. The maximum atomic E-state index is 11.6. The highest BCUT2D eigenvalue weighted by molar-refractivity contribution is 5.87. The van der Waals surface area contributed by atoms with Crippen LogP contribution in [0.4, 0.5) is 0 Å². The van der Waals surface area contributed by atoms with Gasteiger partial charge in [0.25, 0.3) is 0 Å². The molecule has 0 saturated heterocycles. The molecule has 0 radical (unpaired) electrons. The summed E-state index contributed by atoms with van der Waals surface area (Å²) in [6.45, 7) is 0. The van der Waals surface area contributed by atoms with Crippen LogP contribution in [0.3, 0.4) is 0 Å². The Morgan fingerprint density at radius 1 is 1.30 bits per heavy atom. The van der Waals surface area contributed by atoms with E-state index in [2.05, 4.69) is 10.2 Å². The number of rotatable bonds is 3. The number of benzene rings is 1. The molecule has 6 heteroatoms. The zero-order chi connectivity index (χ0) is 14.1. The van der Waals surface area contributed by atoms with Gasteiger partial charge >= 0.3 is 11.7 Å². The molecule has 0 aliphatic carbocycles. The summed E-state index contributed by atoms with van der Waals surface area (Å²) in [5, 5.41) is 15.5. The van der Waals surface area contributed by atoms with E-state index >= 15 is 0 Å². The molecule has 0 saturated carbocycles. The summed E-state index contributed by atoms with van der Waals surface area (Å²) in [5.74, 6) is -0.964. The lowest BCUT2D eigenvalue weighted by Gasteiger charge is -2.04. The fourth-order valence-corrected chi connectivity index (χ4v) is 2.16. The van der Waals surface area contributed by atoms with Gasteiger partial charge in [0.2, 0.25) is 0 Å². The van der Waals surface area contributed by atoms with Crippen LogP contribution in [-0.4, -0.2) is 25.7 Å². The van der Waals surface area contributed by atoms with Gasteiger partial charge in [0, 0.05) is 12.6 Å². The molecule has 0 atom stereocenters. The fourth-order valence-electron chi connectivity index (χ4n) is 2.16. The van der Waals surface area contributed by atoms with Crippen LogP contribution in [-0.2, 0) is 6.42 Å². The van der Waals surface area contributed by atoms with Crippen LogP contribution >= 0.6 is 0 Å². The van der Waals surface area contributed by atoms with Gasteiger partial charge in [-0.25, -0.2) is 14.7 Å². The van der Waals surface area contributed by atoms with E-state index in [1.807, 2.05) is 6.07 Å². The van der Waals surface area contributed by atoms with Crippen molar-refractivity contribution in [2.45, 2.75) is 6.42 Å². The van der Waals surface area contributed by atoms with Gasteiger partial charge in [0.05, 0.1) is 16.8 Å². The standard InChI is InChI=1S/C14H11N3O3/c18-13(19)10-4-1-3-9(7-10)8-11-12-5-2-6-17(12)14(20)16-15-11/h1-7H,8H2,(H,16,20)(H,18,19). The maximum absolute atomic E-state index is 11.6. The Morgan fingerprint density at radius 2 is 2.15 bits per heavy atom. The number of hydrogen-bond donors (Lipinski definition) is 2. The minimum absolute atomic E-state index is 0.235. The average molecular weight is 269 g/mol. The van der Waals surface area contributed by atoms with E-state index in [4.69, 9.17) is 5.11 Å². The molecule has 0 spiro atoms. The summed E-state index contributed by atoms with van der Waals surface area (Å²) in [7, 11) is 0. The number of H-pyrrole nitrogens is 1. The molecule has 2 heterocycles. The van der Waals surface area contributed by atoms with Crippen LogP contribution in [0, 0.1) is 0 Å². The minimum atomic E-state index is -0.964. The highest BCUT2D eigenvalue weighted by Gasteiger charge is 2.08. The maximum Gasteiger partial charge on any atom is 0.346 e. The van der Waals surface area contributed by atoms with Gasteiger partial charge in [-0.2, -0.15) is 5.10 Å². The normalized spacial score (nSPS) is 10.8. The highest BCUT2D eigenvalue weighted by atomic mass is 16.4. The Labute approximate surface area is 113 Å². The zero-order valence-electron chi connectivity index (χ0n) is 10.4. The van der Waals surface area contributed by atoms with Gasteiger partial charge in [0.15, 0.2) is 0 Å². The molecule has 0 aliphatic rings. The number of hydrogen-bond acceptors (Lipinski definition) is 3. The van der Waals surface area contributed by atoms with Gasteiger partial charge in [-0.1, -0.05) is 12.1 Å². The molecule has 6 nitrogen and oxygen atoms in total. The predicted molar refractivity (Wildman–Crippen MR) is 72.0 cm³/mol. The number of aromatic carboxylic acids is 1. The van der Waals surface area contributed by atoms with Crippen molar-refractivity contribution in [1.29, 1.82) is 0 Å². The number of aromatic nitrogens is 3. The van der Waals surface area contributed by atoms with Crippen molar-refractivity contribution in [1.82, 2.24) is 14.6 Å². The van der Waals surface area contributed by atoms with Crippen molar-refractivity contribution in [3.63, 3.8) is 0 Å². The van der Waals surface area contributed by atoms with E-state index in [1.165, 1.54) is 4.40 Å². The quantitative estimate of drug-likeness (QED) is 0.750. The van der Waals surface area contributed by atoms with Crippen molar-refractivity contribution in [2.75, 3.05) is 0 Å². The van der Waals surface area contributed by atoms with Crippen molar-refractivity contribution in [2.24, 2.45) is 0 Å². The first-order valence-corrected chi connectivity index (χ1v) is 6.02. The third-order valence-electron chi connectivity index (χ3n) is 3.10. The van der Waals surface area contributed by atoms with Gasteiger partial charge < -0.3 is 5.11 Å². The van der Waals surface area contributed by atoms with Gasteiger partial charge in [-0.3, -0.25) is 4.40 Å². The second-order valence-electron chi connectivity index (χ2n) is 4.42. The number of aromatic amines is 1. The van der Waals surface area contributed by atoms with Crippen LogP contribution < -0.4 is 5.69 Å². The van der Waals surface area contributed by atoms with E-state index < -0.39 is 5.97 Å². The molecule has 0 fully saturated rings. The molecular weight excluding hydrogens is 258 g/mol. The Kier molecular flexibility index (Phi) is 2.83. The monoisotopic (exact) mass is 269 g/mol. The third-order valence-corrected chi connectivity index (χ3v) is 3.10. The predicted octanol–water partition coefficient (Wildman–Crippen LogP) is 1.31. The summed E-state index contributed by atoms with van der Waals surface area (Å²) in [4.78, 5) is 22.5. The van der Waals surface area contributed by atoms with Crippen molar-refractivity contribution < 1.29 is 9.90 Å². The Morgan fingerprint density at radius 3 is 2.95 bits per heavy atom. The Balaban J connectivity index is 2.03. The van der Waals surface area contributed by atoms with Gasteiger partial charge in [0.1, 0.15) is 0 Å². The van der Waals surface area contributed by atoms with E-state index in [0.717, 1.165) is 11.1 Å². The van der Waals surface area contributed by atoms with E-state index in [0.29, 0.717) is 12.1 Å². The SMILES string of the molecule is O=C(O)c1cccc(Cc2n[nH]c(=O)n3cccc23)c1. The minimum Gasteiger partial charge on any atom is -0.478 e. The zero-order valence-corrected chi connectivity index (χ0v) is 10.4. The first kappa shape index (κ1) is 12.2. The summed E-state index contributed by atoms with van der Waals surface area (Å²) < 4.78 is 1.48. The average Bonchev–Trinajstić information content (AvgIpc) is 2.93. The van der Waals surface area contributed by atoms with Crippen LogP contribution in [0.15, 0.2) is 47.4 Å². The van der Waals surface area contributed by atoms with Crippen LogP contribution in [0.5, 0.6) is 0 Å². The Bertz CT molecular complexity index is 848. The largest absolute Gasteiger partial charge is 0.478 e. The lowest BCUT2D eigenvalue weighted by Crippen LogP contribution is -2.18. The smallest absolute Gasteiger partial charge is 0.346 e. The van der Waals surface area contributed by atoms with Gasteiger partial charge in [-0.05, 0) is 29.8 Å². The summed E-state index contributed by atoms with van der Waals surface area (Å²) in [6.07, 6.45) is 2.11. The summed E-state index contributed by atoms with van der Waals surface area (Å²) >= 11 is 0. The number of carboxylic acid groups (broad SMARTS) is 1. The molecule has 1 aromatic carbocycles. The molecule has 20 heavy (non-hydrogen) atoms. The van der Waals surface area contributed by atoms with Crippen molar-refractivity contribution in [3.8, 4) is 0 Å². The molecule has 100 valence electrons. The molecule has 0 amide bonds. The number of carboxylic acids is 1. The third kappa shape index (κ3) is 2.07. The van der Waals surface area contributed by atoms with Crippen LogP contribution in [0.25, 0.3) is 5.52 Å². The number of fused-ring (bicyclic) bond motifs is 1. The molecule has 3 aromatic rings. The molecule has 0 unspecified atom stereocenters. The first-order valence-electron chi connectivity index (χ1n) is 6.02.